The van der Waals surface area contributed by atoms with Crippen LogP contribution in [0.1, 0.15) is 17.5 Å². The average Bonchev–Trinajstić information content (AvgIpc) is 2.80. The molecule has 1 N–H and O–H groups in total. The van der Waals surface area contributed by atoms with Crippen molar-refractivity contribution in [2.45, 2.75) is 19.0 Å². The molecule has 0 unspecified atom stereocenters. The van der Waals surface area contributed by atoms with Crippen molar-refractivity contribution >= 4 is 11.5 Å². The monoisotopic (exact) mass is 285 g/mol. The summed E-state index contributed by atoms with van der Waals surface area (Å²) in [5.41, 5.74) is 3.02. The van der Waals surface area contributed by atoms with E-state index < -0.39 is 12.1 Å². The highest BCUT2D eigenvalue weighted by molar-refractivity contribution is 5.82. The van der Waals surface area contributed by atoms with Gasteiger partial charge in [0.15, 0.2) is 0 Å². The van der Waals surface area contributed by atoms with Gasteiger partial charge in [-0.05, 0) is 41.7 Å². The number of hydrogen-bond acceptors (Lipinski definition) is 2. The topological polar surface area (TPSA) is 38.3 Å². The third-order valence-corrected chi connectivity index (χ3v) is 3.17. The Kier molecular flexibility index (Phi) is 4.01. The lowest BCUT2D eigenvalue weighted by Gasteiger charge is -2.10. The molecule has 1 aliphatic carbocycles. The van der Waals surface area contributed by atoms with Gasteiger partial charge in [0.1, 0.15) is 5.75 Å². The Morgan fingerprint density at radius 3 is 2.80 bits per heavy atom. The van der Waals surface area contributed by atoms with Gasteiger partial charge in [-0.2, -0.15) is 13.2 Å². The molecule has 0 atom stereocenters. The maximum absolute atomic E-state index is 12.0. The Hall–Kier alpha value is -1.98. The fraction of sp³-hybridized carbons (Fsp3) is 0.357. The first-order valence-electron chi connectivity index (χ1n) is 6.13. The van der Waals surface area contributed by atoms with E-state index in [0.717, 1.165) is 23.1 Å². The van der Waals surface area contributed by atoms with Crippen molar-refractivity contribution in [1.82, 2.24) is 5.32 Å². The SMILES string of the molecule is COc1ccc2c(c1)C(CCNC(=O)C(F)(F)F)=CC2. The van der Waals surface area contributed by atoms with Gasteiger partial charge in [-0.1, -0.05) is 12.1 Å². The molecule has 0 bridgehead atoms. The van der Waals surface area contributed by atoms with Gasteiger partial charge >= 0.3 is 12.1 Å². The summed E-state index contributed by atoms with van der Waals surface area (Å²) in [7, 11) is 1.56. The molecule has 2 rings (SSSR count). The van der Waals surface area contributed by atoms with Crippen LogP contribution in [0.15, 0.2) is 24.3 Å². The summed E-state index contributed by atoms with van der Waals surface area (Å²) >= 11 is 0. The predicted octanol–water partition coefficient (Wildman–Crippen LogP) is 2.70. The highest BCUT2D eigenvalue weighted by Gasteiger charge is 2.38. The third-order valence-electron chi connectivity index (χ3n) is 3.17. The maximum atomic E-state index is 12.0. The molecular formula is C14H14F3NO2. The van der Waals surface area contributed by atoms with Gasteiger partial charge in [-0.15, -0.1) is 0 Å². The van der Waals surface area contributed by atoms with Gasteiger partial charge in [-0.3, -0.25) is 4.79 Å². The molecular weight excluding hydrogens is 271 g/mol. The van der Waals surface area contributed by atoms with Crippen molar-refractivity contribution in [3.05, 3.63) is 35.4 Å². The van der Waals surface area contributed by atoms with E-state index in [0.29, 0.717) is 12.2 Å². The summed E-state index contributed by atoms with van der Waals surface area (Å²) < 4.78 is 41.3. The molecule has 0 fully saturated rings. The Morgan fingerprint density at radius 1 is 1.40 bits per heavy atom. The molecule has 0 saturated heterocycles. The lowest BCUT2D eigenvalue weighted by atomic mass is 10.0. The molecule has 0 spiro atoms. The minimum atomic E-state index is -4.83. The van der Waals surface area contributed by atoms with Crippen molar-refractivity contribution in [3.63, 3.8) is 0 Å². The molecule has 3 nitrogen and oxygen atoms in total. The fourth-order valence-corrected chi connectivity index (χ4v) is 2.15. The Bertz CT molecular complexity index is 550. The molecule has 1 aromatic carbocycles. The predicted molar refractivity (Wildman–Crippen MR) is 68.4 cm³/mol. The lowest BCUT2D eigenvalue weighted by Crippen LogP contribution is -2.37. The molecule has 0 heterocycles. The molecule has 1 aliphatic rings. The highest BCUT2D eigenvalue weighted by Crippen LogP contribution is 2.32. The molecule has 1 amide bonds. The van der Waals surface area contributed by atoms with Crippen molar-refractivity contribution in [2.75, 3.05) is 13.7 Å². The first-order chi connectivity index (χ1) is 9.41. The van der Waals surface area contributed by atoms with Gasteiger partial charge in [0, 0.05) is 6.54 Å². The fourth-order valence-electron chi connectivity index (χ4n) is 2.15. The molecule has 6 heteroatoms. The Balaban J connectivity index is 1.96. The number of alkyl halides is 3. The minimum absolute atomic E-state index is 0.0408. The summed E-state index contributed by atoms with van der Waals surface area (Å²) in [5, 5.41) is 1.87. The number of rotatable bonds is 4. The normalized spacial score (nSPS) is 13.7. The second-order valence-electron chi connectivity index (χ2n) is 4.46. The van der Waals surface area contributed by atoms with Crippen molar-refractivity contribution in [2.24, 2.45) is 0 Å². The van der Waals surface area contributed by atoms with Crippen LogP contribution in [-0.4, -0.2) is 25.7 Å². The Labute approximate surface area is 114 Å². The van der Waals surface area contributed by atoms with Crippen molar-refractivity contribution in [3.8, 4) is 5.75 Å². The molecule has 0 aromatic heterocycles. The number of methoxy groups -OCH3 is 1. The zero-order chi connectivity index (χ0) is 14.8. The van der Waals surface area contributed by atoms with Crippen molar-refractivity contribution < 1.29 is 22.7 Å². The first kappa shape index (κ1) is 14.4. The van der Waals surface area contributed by atoms with E-state index in [9.17, 15) is 18.0 Å². The van der Waals surface area contributed by atoms with Crippen LogP contribution >= 0.6 is 0 Å². The van der Waals surface area contributed by atoms with Crippen LogP contribution < -0.4 is 10.1 Å². The zero-order valence-corrected chi connectivity index (χ0v) is 10.9. The summed E-state index contributed by atoms with van der Waals surface area (Å²) in [6.07, 6.45) is -1.75. The smallest absolute Gasteiger partial charge is 0.471 e. The number of halogens is 3. The van der Waals surface area contributed by atoms with Gasteiger partial charge in [0.25, 0.3) is 0 Å². The molecule has 1 aromatic rings. The largest absolute Gasteiger partial charge is 0.497 e. The van der Waals surface area contributed by atoms with E-state index in [-0.39, 0.29) is 6.54 Å². The summed E-state index contributed by atoms with van der Waals surface area (Å²) in [5.74, 6) is -1.20. The number of nitrogens with one attached hydrogen (secondary N) is 1. The van der Waals surface area contributed by atoms with Gasteiger partial charge < -0.3 is 10.1 Å². The van der Waals surface area contributed by atoms with Crippen LogP contribution in [0.3, 0.4) is 0 Å². The van der Waals surface area contributed by atoms with E-state index in [4.69, 9.17) is 4.74 Å². The molecule has 20 heavy (non-hydrogen) atoms. The number of hydrogen-bond donors (Lipinski definition) is 1. The number of carbonyl (C=O) groups is 1. The summed E-state index contributed by atoms with van der Waals surface area (Å²) in [4.78, 5) is 10.7. The maximum Gasteiger partial charge on any atom is 0.471 e. The number of benzene rings is 1. The summed E-state index contributed by atoms with van der Waals surface area (Å²) in [6, 6.07) is 5.65. The molecule has 0 radical (unpaired) electrons. The lowest BCUT2D eigenvalue weighted by molar-refractivity contribution is -0.173. The van der Waals surface area contributed by atoms with E-state index >= 15 is 0 Å². The first-order valence-corrected chi connectivity index (χ1v) is 6.13. The molecule has 108 valence electrons. The number of carbonyl (C=O) groups excluding carboxylic acids is 1. The summed E-state index contributed by atoms with van der Waals surface area (Å²) in [6.45, 7) is -0.0408. The number of ether oxygens (including phenoxy) is 1. The average molecular weight is 285 g/mol. The Morgan fingerprint density at radius 2 is 2.15 bits per heavy atom. The van der Waals surface area contributed by atoms with Crippen LogP contribution in [0.4, 0.5) is 13.2 Å². The van der Waals surface area contributed by atoms with Crippen molar-refractivity contribution in [1.29, 1.82) is 0 Å². The zero-order valence-electron chi connectivity index (χ0n) is 10.9. The molecule has 0 aliphatic heterocycles. The van der Waals surface area contributed by atoms with Gasteiger partial charge in [0.2, 0.25) is 0 Å². The third kappa shape index (κ3) is 3.12. The van der Waals surface area contributed by atoms with Crippen LogP contribution in [0.2, 0.25) is 0 Å². The van der Waals surface area contributed by atoms with Crippen LogP contribution in [0, 0.1) is 0 Å². The minimum Gasteiger partial charge on any atom is -0.497 e. The standard InChI is InChI=1S/C14H14F3NO2/c1-20-11-5-4-9-2-3-10(12(9)8-11)6-7-18-13(19)14(15,16)17/h3-5,8H,2,6-7H2,1H3,(H,18,19). The second kappa shape index (κ2) is 5.56. The number of allylic oxidation sites excluding steroid dienone is 1. The van der Waals surface area contributed by atoms with E-state index in [1.165, 1.54) is 0 Å². The number of fused-ring (bicyclic) bond motifs is 1. The van der Waals surface area contributed by atoms with Gasteiger partial charge in [0.05, 0.1) is 7.11 Å². The quantitative estimate of drug-likeness (QED) is 0.923. The van der Waals surface area contributed by atoms with Crippen LogP contribution in [-0.2, 0) is 11.2 Å². The van der Waals surface area contributed by atoms with Crippen LogP contribution in [0.5, 0.6) is 5.75 Å². The van der Waals surface area contributed by atoms with E-state index in [1.54, 1.807) is 7.11 Å². The second-order valence-corrected chi connectivity index (χ2v) is 4.46. The molecule has 0 saturated carbocycles. The van der Waals surface area contributed by atoms with E-state index in [1.807, 2.05) is 29.6 Å². The van der Waals surface area contributed by atoms with Gasteiger partial charge in [-0.25, -0.2) is 0 Å². The van der Waals surface area contributed by atoms with Crippen LogP contribution in [0.25, 0.3) is 5.57 Å². The van der Waals surface area contributed by atoms with E-state index in [2.05, 4.69) is 0 Å². The number of amides is 1. The highest BCUT2D eigenvalue weighted by atomic mass is 19.4.